The van der Waals surface area contributed by atoms with Gasteiger partial charge in [0.1, 0.15) is 0 Å². The molecule has 0 radical (unpaired) electrons. The summed E-state index contributed by atoms with van der Waals surface area (Å²) in [5, 5.41) is 0. The molecule has 2 nitrogen and oxygen atoms in total. The van der Waals surface area contributed by atoms with Gasteiger partial charge >= 0.3 is 0 Å². The smallest absolute Gasteiger partial charge is 0.00675 e. The van der Waals surface area contributed by atoms with Crippen molar-refractivity contribution in [2.75, 3.05) is 19.6 Å². The van der Waals surface area contributed by atoms with Gasteiger partial charge in [-0.25, -0.2) is 0 Å². The zero-order valence-electron chi connectivity index (χ0n) is 14.2. The summed E-state index contributed by atoms with van der Waals surface area (Å²) in [6, 6.07) is 18.6. The first kappa shape index (κ1) is 16.2. The summed E-state index contributed by atoms with van der Waals surface area (Å²) in [7, 11) is 0. The van der Waals surface area contributed by atoms with Crippen molar-refractivity contribution < 1.29 is 0 Å². The van der Waals surface area contributed by atoms with Crippen molar-refractivity contribution in [3.63, 3.8) is 0 Å². The van der Waals surface area contributed by atoms with Crippen LogP contribution in [0.3, 0.4) is 0 Å². The predicted molar refractivity (Wildman–Crippen MR) is 98.6 cm³/mol. The fourth-order valence-electron chi connectivity index (χ4n) is 3.49. The van der Waals surface area contributed by atoms with Crippen LogP contribution in [-0.2, 0) is 12.8 Å². The number of hydrogen-bond donors (Lipinski definition) is 1. The highest BCUT2D eigenvalue weighted by atomic mass is 15.2. The first-order valence-corrected chi connectivity index (χ1v) is 8.88. The van der Waals surface area contributed by atoms with Gasteiger partial charge in [-0.1, -0.05) is 48.5 Å². The normalized spacial score (nSPS) is 18.4. The van der Waals surface area contributed by atoms with Crippen molar-refractivity contribution in [3.8, 4) is 11.1 Å². The van der Waals surface area contributed by atoms with Gasteiger partial charge in [0.2, 0.25) is 0 Å². The maximum atomic E-state index is 5.61. The maximum Gasteiger partial charge on any atom is 0.00675 e. The summed E-state index contributed by atoms with van der Waals surface area (Å²) in [6.07, 6.45) is 4.83. The highest BCUT2D eigenvalue weighted by Gasteiger charge is 2.19. The second kappa shape index (κ2) is 7.76. The molecule has 1 aliphatic rings. The van der Waals surface area contributed by atoms with Crippen molar-refractivity contribution in [3.05, 3.63) is 59.7 Å². The average Bonchev–Trinajstić information content (AvgIpc) is 3.00. The number of benzene rings is 2. The standard InChI is InChI=1S/C21H28N2/c1-17-3-2-15-23(17)16-13-19-6-10-21(11-7-19)20-8-4-18(5-9-20)12-14-22/h4-11,17H,2-3,12-16,22H2,1H3. The molecule has 1 saturated heterocycles. The highest BCUT2D eigenvalue weighted by molar-refractivity contribution is 5.64. The van der Waals surface area contributed by atoms with Crippen LogP contribution < -0.4 is 5.73 Å². The minimum atomic E-state index is 0.712. The third-order valence-corrected chi connectivity index (χ3v) is 5.05. The molecule has 122 valence electrons. The minimum Gasteiger partial charge on any atom is -0.330 e. The van der Waals surface area contributed by atoms with E-state index in [2.05, 4.69) is 60.4 Å². The molecule has 0 bridgehead atoms. The molecule has 1 aliphatic heterocycles. The molecule has 2 heteroatoms. The van der Waals surface area contributed by atoms with E-state index in [9.17, 15) is 0 Å². The number of likely N-dealkylation sites (tertiary alicyclic amines) is 1. The monoisotopic (exact) mass is 308 g/mol. The predicted octanol–water partition coefficient (Wildman–Crippen LogP) is 3.88. The van der Waals surface area contributed by atoms with Crippen LogP contribution in [-0.4, -0.2) is 30.6 Å². The third kappa shape index (κ3) is 4.21. The Labute approximate surface area is 140 Å². The summed E-state index contributed by atoms with van der Waals surface area (Å²) in [5.74, 6) is 0. The van der Waals surface area contributed by atoms with Crippen molar-refractivity contribution in [1.82, 2.24) is 4.90 Å². The van der Waals surface area contributed by atoms with E-state index < -0.39 is 0 Å². The second-order valence-corrected chi connectivity index (χ2v) is 6.71. The Hall–Kier alpha value is -1.64. The van der Waals surface area contributed by atoms with Crippen LogP contribution in [0.5, 0.6) is 0 Å². The van der Waals surface area contributed by atoms with E-state index in [4.69, 9.17) is 5.73 Å². The molecule has 0 aliphatic carbocycles. The number of nitrogens with two attached hydrogens (primary N) is 1. The summed E-state index contributed by atoms with van der Waals surface area (Å²) < 4.78 is 0. The SMILES string of the molecule is CC1CCCN1CCc1ccc(-c2ccc(CCN)cc2)cc1. The van der Waals surface area contributed by atoms with Crippen molar-refractivity contribution in [2.24, 2.45) is 5.73 Å². The Morgan fingerprint density at radius 3 is 1.96 bits per heavy atom. The van der Waals surface area contributed by atoms with Crippen LogP contribution in [0.2, 0.25) is 0 Å². The molecule has 2 N–H and O–H groups in total. The summed E-state index contributed by atoms with van der Waals surface area (Å²) >= 11 is 0. The van der Waals surface area contributed by atoms with Crippen molar-refractivity contribution in [2.45, 2.75) is 38.6 Å². The zero-order valence-corrected chi connectivity index (χ0v) is 14.2. The Morgan fingerprint density at radius 1 is 0.913 bits per heavy atom. The van der Waals surface area contributed by atoms with Crippen LogP contribution in [0.25, 0.3) is 11.1 Å². The Morgan fingerprint density at radius 2 is 1.48 bits per heavy atom. The molecule has 1 fully saturated rings. The van der Waals surface area contributed by atoms with Gasteiger partial charge in [-0.15, -0.1) is 0 Å². The van der Waals surface area contributed by atoms with E-state index in [1.54, 1.807) is 0 Å². The van der Waals surface area contributed by atoms with E-state index >= 15 is 0 Å². The number of hydrogen-bond acceptors (Lipinski definition) is 2. The lowest BCUT2D eigenvalue weighted by Gasteiger charge is -2.20. The lowest BCUT2D eigenvalue weighted by atomic mass is 10.0. The molecule has 1 atom stereocenters. The second-order valence-electron chi connectivity index (χ2n) is 6.71. The third-order valence-electron chi connectivity index (χ3n) is 5.05. The van der Waals surface area contributed by atoms with Crippen LogP contribution >= 0.6 is 0 Å². The van der Waals surface area contributed by atoms with Gasteiger partial charge in [-0.3, -0.25) is 0 Å². The quantitative estimate of drug-likeness (QED) is 0.877. The maximum absolute atomic E-state index is 5.61. The van der Waals surface area contributed by atoms with Gasteiger partial charge in [0.25, 0.3) is 0 Å². The van der Waals surface area contributed by atoms with E-state index in [1.807, 2.05) is 0 Å². The van der Waals surface area contributed by atoms with Gasteiger partial charge in [0, 0.05) is 12.6 Å². The summed E-state index contributed by atoms with van der Waals surface area (Å²) in [5.41, 5.74) is 10.9. The molecule has 1 unspecified atom stereocenters. The topological polar surface area (TPSA) is 29.3 Å². The summed E-state index contributed by atoms with van der Waals surface area (Å²) in [6.45, 7) is 5.52. The van der Waals surface area contributed by atoms with E-state index in [0.29, 0.717) is 6.54 Å². The fraction of sp³-hybridized carbons (Fsp3) is 0.429. The van der Waals surface area contributed by atoms with Crippen molar-refractivity contribution in [1.29, 1.82) is 0 Å². The molecular weight excluding hydrogens is 280 g/mol. The first-order chi connectivity index (χ1) is 11.3. The Bertz CT molecular complexity index is 601. The van der Waals surface area contributed by atoms with Crippen LogP contribution in [0.15, 0.2) is 48.5 Å². The number of rotatable bonds is 6. The molecule has 0 aromatic heterocycles. The lowest BCUT2D eigenvalue weighted by Crippen LogP contribution is -2.28. The van der Waals surface area contributed by atoms with Gasteiger partial charge in [0.05, 0.1) is 0 Å². The molecule has 1 heterocycles. The molecule has 3 rings (SSSR count). The minimum absolute atomic E-state index is 0.712. The van der Waals surface area contributed by atoms with E-state index in [-0.39, 0.29) is 0 Å². The Kier molecular flexibility index (Phi) is 5.47. The lowest BCUT2D eigenvalue weighted by molar-refractivity contribution is 0.272. The van der Waals surface area contributed by atoms with Crippen LogP contribution in [0.1, 0.15) is 30.9 Å². The molecular formula is C21H28N2. The van der Waals surface area contributed by atoms with Gasteiger partial charge in [-0.2, -0.15) is 0 Å². The molecule has 23 heavy (non-hydrogen) atoms. The molecule has 2 aromatic carbocycles. The van der Waals surface area contributed by atoms with Gasteiger partial charge < -0.3 is 10.6 Å². The largest absolute Gasteiger partial charge is 0.330 e. The average molecular weight is 308 g/mol. The van der Waals surface area contributed by atoms with Crippen molar-refractivity contribution >= 4 is 0 Å². The Balaban J connectivity index is 1.60. The summed E-state index contributed by atoms with van der Waals surface area (Å²) in [4.78, 5) is 2.62. The van der Waals surface area contributed by atoms with Gasteiger partial charge in [-0.05, 0) is 68.0 Å². The van der Waals surface area contributed by atoms with E-state index in [1.165, 1.54) is 48.2 Å². The highest BCUT2D eigenvalue weighted by Crippen LogP contribution is 2.21. The zero-order chi connectivity index (χ0) is 16.1. The molecule has 0 spiro atoms. The molecule has 2 aromatic rings. The van der Waals surface area contributed by atoms with Gasteiger partial charge in [0.15, 0.2) is 0 Å². The van der Waals surface area contributed by atoms with E-state index in [0.717, 1.165) is 18.9 Å². The van der Waals surface area contributed by atoms with Crippen LogP contribution in [0, 0.1) is 0 Å². The van der Waals surface area contributed by atoms with Crippen LogP contribution in [0.4, 0.5) is 0 Å². The fourth-order valence-corrected chi connectivity index (χ4v) is 3.49. The molecule has 0 saturated carbocycles. The molecule has 0 amide bonds. The first-order valence-electron chi connectivity index (χ1n) is 8.88. The number of nitrogens with zero attached hydrogens (tertiary/aromatic N) is 1.